The Balaban J connectivity index is 3.00. The molecule has 0 aliphatic carbocycles. The fourth-order valence-corrected chi connectivity index (χ4v) is 2.06. The van der Waals surface area contributed by atoms with E-state index in [9.17, 15) is 4.55 Å². The van der Waals surface area contributed by atoms with Crippen molar-refractivity contribution in [2.45, 2.75) is 52.2 Å². The topological polar surface area (TPSA) is 35.4 Å². The molecule has 0 fully saturated rings. The van der Waals surface area contributed by atoms with Gasteiger partial charge in [0, 0.05) is 5.56 Å². The van der Waals surface area contributed by atoms with Crippen LogP contribution in [0.15, 0.2) is 28.7 Å². The van der Waals surface area contributed by atoms with Crippen LogP contribution in [0.2, 0.25) is 0 Å². The van der Waals surface area contributed by atoms with Crippen LogP contribution in [0.3, 0.4) is 0 Å². The van der Waals surface area contributed by atoms with Crippen LogP contribution in [-0.4, -0.2) is 15.0 Å². The van der Waals surface area contributed by atoms with Crippen molar-refractivity contribution in [3.05, 3.63) is 35.4 Å². The largest absolute Gasteiger partial charge is 0.591 e. The minimum absolute atomic E-state index is 0.309. The number of hydrogen-bond donors (Lipinski definition) is 0. The Morgan fingerprint density at radius 2 is 1.89 bits per heavy atom. The number of rotatable bonds is 3. The highest BCUT2D eigenvalue weighted by molar-refractivity contribution is 7.91. The Bertz CT molecular complexity index is 432. The van der Waals surface area contributed by atoms with Gasteiger partial charge in [0.1, 0.15) is 16.1 Å². The van der Waals surface area contributed by atoms with Crippen LogP contribution >= 0.6 is 0 Å². The van der Waals surface area contributed by atoms with Crippen molar-refractivity contribution in [2.24, 2.45) is 4.40 Å². The third kappa shape index (κ3) is 4.14. The molecule has 0 heterocycles. The zero-order valence-electron chi connectivity index (χ0n) is 12.2. The maximum absolute atomic E-state index is 12.0. The third-order valence-corrected chi connectivity index (χ3v) is 4.20. The Kier molecular flexibility index (Phi) is 5.00. The minimum atomic E-state index is -1.20. The standard InChI is InChI=1S/C15H23NOS/c1-11(2)13-8-7-9-14(10-13)12(3)16-18(17)15(4,5)6/h7-11H,1-6H3/b16-12-. The summed E-state index contributed by atoms with van der Waals surface area (Å²) >= 11 is -1.20. The van der Waals surface area contributed by atoms with Crippen LogP contribution in [0, 0.1) is 0 Å². The molecular weight excluding hydrogens is 242 g/mol. The molecule has 0 N–H and O–H groups in total. The first kappa shape index (κ1) is 15.3. The van der Waals surface area contributed by atoms with E-state index in [1.807, 2.05) is 39.8 Å². The summed E-state index contributed by atoms with van der Waals surface area (Å²) < 4.78 is 16.0. The van der Waals surface area contributed by atoms with Gasteiger partial charge in [-0.05, 0) is 45.2 Å². The molecule has 0 spiro atoms. The molecule has 1 rings (SSSR count). The van der Waals surface area contributed by atoms with Crippen molar-refractivity contribution in [1.29, 1.82) is 0 Å². The predicted octanol–water partition coefficient (Wildman–Crippen LogP) is 4.08. The van der Waals surface area contributed by atoms with Crippen LogP contribution in [0.1, 0.15) is 58.6 Å². The Morgan fingerprint density at radius 3 is 2.39 bits per heavy atom. The highest BCUT2D eigenvalue weighted by Crippen LogP contribution is 2.20. The predicted molar refractivity (Wildman–Crippen MR) is 80.6 cm³/mol. The lowest BCUT2D eigenvalue weighted by molar-refractivity contribution is 0.561. The minimum Gasteiger partial charge on any atom is -0.591 e. The van der Waals surface area contributed by atoms with Gasteiger partial charge in [0.15, 0.2) is 0 Å². The molecule has 0 aliphatic heterocycles. The van der Waals surface area contributed by atoms with Gasteiger partial charge in [-0.15, -0.1) is 0 Å². The zero-order valence-corrected chi connectivity index (χ0v) is 13.0. The fourth-order valence-electron chi connectivity index (χ4n) is 1.44. The van der Waals surface area contributed by atoms with Gasteiger partial charge in [-0.1, -0.05) is 36.4 Å². The van der Waals surface area contributed by atoms with Crippen LogP contribution in [0.4, 0.5) is 0 Å². The van der Waals surface area contributed by atoms with E-state index in [0.29, 0.717) is 5.92 Å². The van der Waals surface area contributed by atoms with Crippen LogP contribution in [0.25, 0.3) is 0 Å². The number of nitrogens with zero attached hydrogens (tertiary/aromatic N) is 1. The quantitative estimate of drug-likeness (QED) is 0.599. The number of benzene rings is 1. The Hall–Kier alpha value is -0.800. The second-order valence-corrected chi connectivity index (χ2v) is 7.72. The SMILES string of the molecule is C/C(=N/[S+]([O-])C(C)(C)C)c1cccc(C(C)C)c1. The summed E-state index contributed by atoms with van der Waals surface area (Å²) in [6.07, 6.45) is 0. The first-order valence-electron chi connectivity index (χ1n) is 6.29. The van der Waals surface area contributed by atoms with Crippen molar-refractivity contribution < 1.29 is 4.55 Å². The molecule has 0 amide bonds. The second-order valence-electron chi connectivity index (χ2n) is 5.82. The van der Waals surface area contributed by atoms with E-state index < -0.39 is 11.4 Å². The molecule has 0 radical (unpaired) electrons. The monoisotopic (exact) mass is 265 g/mol. The molecule has 0 saturated heterocycles. The summed E-state index contributed by atoms with van der Waals surface area (Å²) in [5, 5.41) is 0. The highest BCUT2D eigenvalue weighted by Gasteiger charge is 2.26. The molecule has 0 saturated carbocycles. The van der Waals surface area contributed by atoms with E-state index in [4.69, 9.17) is 0 Å². The maximum Gasteiger partial charge on any atom is 0.144 e. The smallest absolute Gasteiger partial charge is 0.144 e. The number of hydrogen-bond acceptors (Lipinski definition) is 2. The molecular formula is C15H23NOS. The van der Waals surface area contributed by atoms with Gasteiger partial charge < -0.3 is 4.55 Å². The van der Waals surface area contributed by atoms with Crippen LogP contribution in [-0.2, 0) is 11.4 Å². The van der Waals surface area contributed by atoms with Gasteiger partial charge in [-0.2, -0.15) is 0 Å². The van der Waals surface area contributed by atoms with Gasteiger partial charge in [0.05, 0.1) is 5.71 Å². The molecule has 1 aromatic rings. The Labute approximate surface area is 114 Å². The molecule has 1 atom stereocenters. The van der Waals surface area contributed by atoms with Gasteiger partial charge in [0.25, 0.3) is 0 Å². The summed E-state index contributed by atoms with van der Waals surface area (Å²) in [7, 11) is 0. The summed E-state index contributed by atoms with van der Waals surface area (Å²) in [6, 6.07) is 8.29. The maximum atomic E-state index is 12.0. The van der Waals surface area contributed by atoms with Gasteiger partial charge in [-0.25, -0.2) is 0 Å². The van der Waals surface area contributed by atoms with Crippen molar-refractivity contribution >= 4 is 17.1 Å². The lowest BCUT2D eigenvalue weighted by Crippen LogP contribution is -2.26. The summed E-state index contributed by atoms with van der Waals surface area (Å²) in [4.78, 5) is 0. The van der Waals surface area contributed by atoms with Crippen LogP contribution < -0.4 is 0 Å². The van der Waals surface area contributed by atoms with Gasteiger partial charge >= 0.3 is 0 Å². The summed E-state index contributed by atoms with van der Waals surface area (Å²) in [6.45, 7) is 12.1. The molecule has 0 aromatic heterocycles. The molecule has 2 nitrogen and oxygen atoms in total. The van der Waals surface area contributed by atoms with Gasteiger partial charge in [-0.3, -0.25) is 0 Å². The van der Waals surface area contributed by atoms with Crippen molar-refractivity contribution in [3.63, 3.8) is 0 Å². The lowest BCUT2D eigenvalue weighted by atomic mass is 9.99. The highest BCUT2D eigenvalue weighted by atomic mass is 32.2. The molecule has 18 heavy (non-hydrogen) atoms. The van der Waals surface area contributed by atoms with E-state index in [-0.39, 0.29) is 4.75 Å². The first-order chi connectivity index (χ1) is 8.21. The lowest BCUT2D eigenvalue weighted by Gasteiger charge is -2.19. The molecule has 1 aromatic carbocycles. The summed E-state index contributed by atoms with van der Waals surface area (Å²) in [5.74, 6) is 0.492. The van der Waals surface area contributed by atoms with Crippen LogP contribution in [0.5, 0.6) is 0 Å². The first-order valence-corrected chi connectivity index (χ1v) is 7.40. The van der Waals surface area contributed by atoms with Crippen molar-refractivity contribution in [2.75, 3.05) is 0 Å². The van der Waals surface area contributed by atoms with E-state index in [2.05, 4.69) is 30.4 Å². The molecule has 100 valence electrons. The molecule has 0 bridgehead atoms. The van der Waals surface area contributed by atoms with Crippen molar-refractivity contribution in [3.8, 4) is 0 Å². The van der Waals surface area contributed by atoms with E-state index >= 15 is 0 Å². The molecule has 1 unspecified atom stereocenters. The second kappa shape index (κ2) is 5.89. The van der Waals surface area contributed by atoms with Gasteiger partial charge in [0.2, 0.25) is 0 Å². The average Bonchev–Trinajstić information content (AvgIpc) is 2.27. The van der Waals surface area contributed by atoms with E-state index in [1.54, 1.807) is 0 Å². The fraction of sp³-hybridized carbons (Fsp3) is 0.533. The zero-order chi connectivity index (χ0) is 13.9. The summed E-state index contributed by atoms with van der Waals surface area (Å²) in [5.41, 5.74) is 3.17. The Morgan fingerprint density at radius 1 is 1.28 bits per heavy atom. The van der Waals surface area contributed by atoms with E-state index in [1.165, 1.54) is 5.56 Å². The van der Waals surface area contributed by atoms with Crippen molar-refractivity contribution in [1.82, 2.24) is 0 Å². The third-order valence-electron chi connectivity index (χ3n) is 2.71. The molecule has 0 aliphatic rings. The molecule has 3 heteroatoms. The van der Waals surface area contributed by atoms with E-state index in [0.717, 1.165) is 11.3 Å². The average molecular weight is 265 g/mol. The normalized spacial score (nSPS) is 15.0.